The van der Waals surface area contributed by atoms with E-state index < -0.39 is 6.10 Å². The van der Waals surface area contributed by atoms with Crippen molar-refractivity contribution in [2.75, 3.05) is 6.54 Å². The molecule has 0 aliphatic carbocycles. The van der Waals surface area contributed by atoms with E-state index in [2.05, 4.69) is 15.3 Å². The SMILES string of the molecule is CC(O)CNC(=O)CCCc1nc2ccccc2c(=O)[nH]1. The summed E-state index contributed by atoms with van der Waals surface area (Å²) in [5.74, 6) is 0.473. The molecular formula is C15H19N3O3. The van der Waals surface area contributed by atoms with Gasteiger partial charge in [-0.25, -0.2) is 4.98 Å². The molecule has 0 aliphatic heterocycles. The molecule has 3 N–H and O–H groups in total. The molecule has 2 rings (SSSR count). The van der Waals surface area contributed by atoms with Crippen LogP contribution in [0.4, 0.5) is 0 Å². The Kier molecular flexibility index (Phi) is 5.05. The minimum atomic E-state index is -0.549. The van der Waals surface area contributed by atoms with Crippen LogP contribution in [0.15, 0.2) is 29.1 Å². The second-order valence-corrected chi connectivity index (χ2v) is 5.04. The number of aliphatic hydroxyl groups excluding tert-OH is 1. The van der Waals surface area contributed by atoms with Crippen molar-refractivity contribution in [3.8, 4) is 0 Å². The van der Waals surface area contributed by atoms with E-state index in [0.29, 0.717) is 36.0 Å². The summed E-state index contributed by atoms with van der Waals surface area (Å²) in [5, 5.41) is 12.3. The van der Waals surface area contributed by atoms with Crippen LogP contribution in [-0.4, -0.2) is 33.6 Å². The van der Waals surface area contributed by atoms with Crippen molar-refractivity contribution < 1.29 is 9.90 Å². The van der Waals surface area contributed by atoms with Crippen LogP contribution in [0.5, 0.6) is 0 Å². The quantitative estimate of drug-likeness (QED) is 0.731. The Balaban J connectivity index is 1.92. The summed E-state index contributed by atoms with van der Waals surface area (Å²) in [4.78, 5) is 30.5. The van der Waals surface area contributed by atoms with Crippen molar-refractivity contribution in [2.45, 2.75) is 32.3 Å². The number of aromatic nitrogens is 2. The molecular weight excluding hydrogens is 270 g/mol. The molecule has 0 bridgehead atoms. The average molecular weight is 289 g/mol. The fraction of sp³-hybridized carbons (Fsp3) is 0.400. The lowest BCUT2D eigenvalue weighted by molar-refractivity contribution is -0.121. The van der Waals surface area contributed by atoms with E-state index in [0.717, 1.165) is 0 Å². The fourth-order valence-electron chi connectivity index (χ4n) is 2.02. The predicted octanol–water partition coefficient (Wildman–Crippen LogP) is 0.743. The number of aliphatic hydroxyl groups is 1. The Morgan fingerprint density at radius 3 is 2.95 bits per heavy atom. The summed E-state index contributed by atoms with van der Waals surface area (Å²) in [6.45, 7) is 1.87. The van der Waals surface area contributed by atoms with Gasteiger partial charge in [0.1, 0.15) is 5.82 Å². The first-order valence-electron chi connectivity index (χ1n) is 6.99. The maximum atomic E-state index is 11.9. The third-order valence-corrected chi connectivity index (χ3v) is 3.07. The zero-order valence-corrected chi connectivity index (χ0v) is 11.9. The van der Waals surface area contributed by atoms with Gasteiger partial charge in [0.2, 0.25) is 5.91 Å². The van der Waals surface area contributed by atoms with Gasteiger partial charge < -0.3 is 15.4 Å². The van der Waals surface area contributed by atoms with Crippen LogP contribution in [0, 0.1) is 0 Å². The smallest absolute Gasteiger partial charge is 0.258 e. The van der Waals surface area contributed by atoms with Crippen LogP contribution in [0.2, 0.25) is 0 Å². The molecule has 6 nitrogen and oxygen atoms in total. The van der Waals surface area contributed by atoms with Crippen LogP contribution >= 0.6 is 0 Å². The van der Waals surface area contributed by atoms with Gasteiger partial charge in [-0.2, -0.15) is 0 Å². The maximum absolute atomic E-state index is 11.9. The van der Waals surface area contributed by atoms with Gasteiger partial charge in [-0.3, -0.25) is 9.59 Å². The van der Waals surface area contributed by atoms with Gasteiger partial charge in [-0.05, 0) is 25.5 Å². The summed E-state index contributed by atoms with van der Waals surface area (Å²) < 4.78 is 0. The van der Waals surface area contributed by atoms with Gasteiger partial charge in [0.15, 0.2) is 0 Å². The topological polar surface area (TPSA) is 95.1 Å². The normalized spacial score (nSPS) is 12.3. The highest BCUT2D eigenvalue weighted by Gasteiger charge is 2.06. The molecule has 1 atom stereocenters. The molecule has 0 saturated carbocycles. The third kappa shape index (κ3) is 4.39. The number of aromatic amines is 1. The number of hydrogen-bond donors (Lipinski definition) is 3. The molecule has 21 heavy (non-hydrogen) atoms. The van der Waals surface area contributed by atoms with Gasteiger partial charge in [0, 0.05) is 19.4 Å². The molecule has 6 heteroatoms. The van der Waals surface area contributed by atoms with E-state index in [1.807, 2.05) is 6.07 Å². The number of H-pyrrole nitrogens is 1. The number of benzene rings is 1. The number of amides is 1. The Bertz CT molecular complexity index is 679. The van der Waals surface area contributed by atoms with Crippen LogP contribution in [0.3, 0.4) is 0 Å². The number of nitrogens with zero attached hydrogens (tertiary/aromatic N) is 1. The summed E-state index contributed by atoms with van der Waals surface area (Å²) in [5.41, 5.74) is 0.504. The number of fused-ring (bicyclic) bond motifs is 1. The summed E-state index contributed by atoms with van der Waals surface area (Å²) in [6.07, 6.45) is 0.908. The zero-order valence-electron chi connectivity index (χ0n) is 11.9. The highest BCUT2D eigenvalue weighted by molar-refractivity contribution is 5.77. The second kappa shape index (κ2) is 6.99. The predicted molar refractivity (Wildman–Crippen MR) is 80.0 cm³/mol. The molecule has 0 aliphatic rings. The van der Waals surface area contributed by atoms with Gasteiger partial charge in [0.05, 0.1) is 17.0 Å². The monoisotopic (exact) mass is 289 g/mol. The average Bonchev–Trinajstić information content (AvgIpc) is 2.45. The first kappa shape index (κ1) is 15.2. The standard InChI is InChI=1S/C15H19N3O3/c1-10(19)9-16-14(20)8-4-7-13-17-12-6-3-2-5-11(12)15(21)18-13/h2-3,5-6,10,19H,4,7-9H2,1H3,(H,16,20)(H,17,18,21). The van der Waals surface area contributed by atoms with Crippen molar-refractivity contribution in [3.05, 3.63) is 40.4 Å². The van der Waals surface area contributed by atoms with E-state index in [9.17, 15) is 9.59 Å². The largest absolute Gasteiger partial charge is 0.392 e. The molecule has 1 heterocycles. The molecule has 2 aromatic rings. The van der Waals surface area contributed by atoms with Crippen LogP contribution in [-0.2, 0) is 11.2 Å². The third-order valence-electron chi connectivity index (χ3n) is 3.07. The number of hydrogen-bond acceptors (Lipinski definition) is 4. The highest BCUT2D eigenvalue weighted by atomic mass is 16.3. The van der Waals surface area contributed by atoms with Crippen molar-refractivity contribution in [3.63, 3.8) is 0 Å². The minimum Gasteiger partial charge on any atom is -0.392 e. The molecule has 1 amide bonds. The van der Waals surface area contributed by atoms with Crippen molar-refractivity contribution in [1.29, 1.82) is 0 Å². The zero-order chi connectivity index (χ0) is 15.2. The molecule has 0 spiro atoms. The summed E-state index contributed by atoms with van der Waals surface area (Å²) >= 11 is 0. The van der Waals surface area contributed by atoms with Gasteiger partial charge in [-0.15, -0.1) is 0 Å². The van der Waals surface area contributed by atoms with Crippen molar-refractivity contribution in [2.24, 2.45) is 0 Å². The Hall–Kier alpha value is -2.21. The number of rotatable bonds is 6. The highest BCUT2D eigenvalue weighted by Crippen LogP contribution is 2.07. The fourth-order valence-corrected chi connectivity index (χ4v) is 2.02. The second-order valence-electron chi connectivity index (χ2n) is 5.04. The van der Waals surface area contributed by atoms with Crippen LogP contribution in [0.1, 0.15) is 25.6 Å². The van der Waals surface area contributed by atoms with E-state index >= 15 is 0 Å². The van der Waals surface area contributed by atoms with Crippen LogP contribution in [0.25, 0.3) is 10.9 Å². The lowest BCUT2D eigenvalue weighted by atomic mass is 10.2. The number of carbonyl (C=O) groups excluding carboxylic acids is 1. The number of para-hydroxylation sites is 1. The van der Waals surface area contributed by atoms with E-state index in [4.69, 9.17) is 5.11 Å². The molecule has 1 aromatic carbocycles. The van der Waals surface area contributed by atoms with Gasteiger partial charge in [0.25, 0.3) is 5.56 Å². The summed E-state index contributed by atoms with van der Waals surface area (Å²) in [7, 11) is 0. The first-order chi connectivity index (χ1) is 10.1. The molecule has 0 fully saturated rings. The molecule has 0 saturated heterocycles. The van der Waals surface area contributed by atoms with E-state index in [-0.39, 0.29) is 18.0 Å². The van der Waals surface area contributed by atoms with Crippen molar-refractivity contribution in [1.82, 2.24) is 15.3 Å². The number of aryl methyl sites for hydroxylation is 1. The van der Waals surface area contributed by atoms with E-state index in [1.165, 1.54) is 0 Å². The lowest BCUT2D eigenvalue weighted by Gasteiger charge is -2.07. The maximum Gasteiger partial charge on any atom is 0.258 e. The van der Waals surface area contributed by atoms with Crippen molar-refractivity contribution >= 4 is 16.8 Å². The Morgan fingerprint density at radius 2 is 2.19 bits per heavy atom. The first-order valence-corrected chi connectivity index (χ1v) is 6.99. The molecule has 1 aromatic heterocycles. The van der Waals surface area contributed by atoms with Gasteiger partial charge >= 0.3 is 0 Å². The number of carbonyl (C=O) groups is 1. The lowest BCUT2D eigenvalue weighted by Crippen LogP contribution is -2.30. The van der Waals surface area contributed by atoms with Crippen LogP contribution < -0.4 is 10.9 Å². The Morgan fingerprint density at radius 1 is 1.43 bits per heavy atom. The molecule has 112 valence electrons. The van der Waals surface area contributed by atoms with E-state index in [1.54, 1.807) is 25.1 Å². The molecule has 1 unspecified atom stereocenters. The summed E-state index contributed by atoms with van der Waals surface area (Å²) in [6, 6.07) is 7.16. The minimum absolute atomic E-state index is 0.112. The van der Waals surface area contributed by atoms with Gasteiger partial charge in [-0.1, -0.05) is 12.1 Å². The number of nitrogens with one attached hydrogen (secondary N) is 2. The molecule has 0 radical (unpaired) electrons. The Labute approximate surface area is 122 Å².